The lowest BCUT2D eigenvalue weighted by molar-refractivity contribution is -0.0784. The number of halogens is 1. The Balaban J connectivity index is 2.17. The number of hydrogen-bond acceptors (Lipinski definition) is 3. The van der Waals surface area contributed by atoms with Crippen LogP contribution in [0.2, 0.25) is 5.02 Å². The SMILES string of the molecule is O=C(c1occc1Cl)N1CCCO1. The second-order valence-corrected chi connectivity index (χ2v) is 3.10. The number of hydroxylamine groups is 2. The van der Waals surface area contributed by atoms with Crippen molar-refractivity contribution in [3.05, 3.63) is 23.1 Å². The van der Waals surface area contributed by atoms with Gasteiger partial charge in [-0.3, -0.25) is 9.63 Å². The summed E-state index contributed by atoms with van der Waals surface area (Å²) in [5, 5.41) is 1.59. The average Bonchev–Trinajstić information content (AvgIpc) is 2.72. The first kappa shape index (κ1) is 8.59. The summed E-state index contributed by atoms with van der Waals surface area (Å²) in [5.41, 5.74) is 0. The topological polar surface area (TPSA) is 42.7 Å². The van der Waals surface area contributed by atoms with Crippen molar-refractivity contribution in [2.75, 3.05) is 13.2 Å². The van der Waals surface area contributed by atoms with E-state index < -0.39 is 0 Å². The number of carbonyl (C=O) groups is 1. The first-order valence-corrected chi connectivity index (χ1v) is 4.34. The smallest absolute Gasteiger partial charge is 0.314 e. The van der Waals surface area contributed by atoms with Gasteiger partial charge in [0.05, 0.1) is 24.4 Å². The van der Waals surface area contributed by atoms with Crippen molar-refractivity contribution in [1.29, 1.82) is 0 Å². The Morgan fingerprint density at radius 2 is 2.46 bits per heavy atom. The molecule has 1 aliphatic heterocycles. The van der Waals surface area contributed by atoms with Gasteiger partial charge in [-0.05, 0) is 12.5 Å². The lowest BCUT2D eigenvalue weighted by atomic mass is 10.4. The second kappa shape index (κ2) is 3.40. The lowest BCUT2D eigenvalue weighted by Crippen LogP contribution is -2.26. The van der Waals surface area contributed by atoms with Gasteiger partial charge >= 0.3 is 5.91 Å². The summed E-state index contributed by atoms with van der Waals surface area (Å²) in [7, 11) is 0. The van der Waals surface area contributed by atoms with E-state index in [0.717, 1.165) is 6.42 Å². The number of carbonyl (C=O) groups excluding carboxylic acids is 1. The van der Waals surface area contributed by atoms with E-state index in [1.807, 2.05) is 0 Å². The van der Waals surface area contributed by atoms with E-state index in [4.69, 9.17) is 20.9 Å². The minimum atomic E-state index is -0.312. The maximum atomic E-state index is 11.6. The fraction of sp³-hybridized carbons (Fsp3) is 0.375. The van der Waals surface area contributed by atoms with E-state index in [-0.39, 0.29) is 11.7 Å². The van der Waals surface area contributed by atoms with Gasteiger partial charge in [0.2, 0.25) is 5.76 Å². The molecule has 5 heteroatoms. The van der Waals surface area contributed by atoms with E-state index in [1.165, 1.54) is 17.4 Å². The second-order valence-electron chi connectivity index (χ2n) is 2.69. The van der Waals surface area contributed by atoms with Crippen molar-refractivity contribution < 1.29 is 14.0 Å². The van der Waals surface area contributed by atoms with Crippen molar-refractivity contribution in [2.24, 2.45) is 0 Å². The Morgan fingerprint density at radius 3 is 3.00 bits per heavy atom. The number of hydrogen-bond donors (Lipinski definition) is 0. The van der Waals surface area contributed by atoms with Crippen molar-refractivity contribution in [2.45, 2.75) is 6.42 Å². The fourth-order valence-electron chi connectivity index (χ4n) is 1.17. The molecule has 0 radical (unpaired) electrons. The van der Waals surface area contributed by atoms with Crippen molar-refractivity contribution >= 4 is 17.5 Å². The van der Waals surface area contributed by atoms with Gasteiger partial charge in [0.1, 0.15) is 0 Å². The van der Waals surface area contributed by atoms with E-state index in [0.29, 0.717) is 18.2 Å². The van der Waals surface area contributed by atoms with Crippen LogP contribution in [0.3, 0.4) is 0 Å². The first-order valence-electron chi connectivity index (χ1n) is 3.97. The van der Waals surface area contributed by atoms with Gasteiger partial charge in [0.25, 0.3) is 0 Å². The third kappa shape index (κ3) is 1.55. The molecule has 1 aliphatic rings. The average molecular weight is 202 g/mol. The summed E-state index contributed by atoms with van der Waals surface area (Å²) in [6.45, 7) is 1.17. The molecule has 2 heterocycles. The lowest BCUT2D eigenvalue weighted by Gasteiger charge is -2.11. The highest BCUT2D eigenvalue weighted by molar-refractivity contribution is 6.33. The van der Waals surface area contributed by atoms with Gasteiger partial charge in [-0.15, -0.1) is 0 Å². The van der Waals surface area contributed by atoms with Crippen LogP contribution in [0, 0.1) is 0 Å². The van der Waals surface area contributed by atoms with Crippen molar-refractivity contribution in [3.63, 3.8) is 0 Å². The van der Waals surface area contributed by atoms with Crippen molar-refractivity contribution in [1.82, 2.24) is 5.06 Å². The van der Waals surface area contributed by atoms with Gasteiger partial charge in [-0.1, -0.05) is 11.6 Å². The summed E-state index contributed by atoms with van der Waals surface area (Å²) < 4.78 is 4.94. The van der Waals surface area contributed by atoms with Crippen LogP contribution in [0.25, 0.3) is 0 Å². The minimum absolute atomic E-state index is 0.142. The van der Waals surface area contributed by atoms with Gasteiger partial charge in [-0.25, -0.2) is 5.06 Å². The molecule has 0 N–H and O–H groups in total. The van der Waals surface area contributed by atoms with E-state index in [2.05, 4.69) is 0 Å². The largest absolute Gasteiger partial charge is 0.457 e. The Morgan fingerprint density at radius 1 is 1.62 bits per heavy atom. The normalized spacial score (nSPS) is 16.5. The van der Waals surface area contributed by atoms with Crippen LogP contribution < -0.4 is 0 Å². The molecule has 1 aromatic rings. The molecule has 4 nitrogen and oxygen atoms in total. The molecule has 13 heavy (non-hydrogen) atoms. The quantitative estimate of drug-likeness (QED) is 0.695. The Kier molecular flexibility index (Phi) is 2.24. The number of amides is 1. The monoisotopic (exact) mass is 201 g/mol. The molecule has 2 rings (SSSR count). The zero-order valence-corrected chi connectivity index (χ0v) is 7.58. The van der Waals surface area contributed by atoms with E-state index in [1.54, 1.807) is 0 Å². The summed E-state index contributed by atoms with van der Waals surface area (Å²) in [6, 6.07) is 1.53. The number of rotatable bonds is 1. The molecule has 0 atom stereocenters. The molecule has 0 saturated carbocycles. The zero-order valence-electron chi connectivity index (χ0n) is 6.83. The van der Waals surface area contributed by atoms with Crippen LogP contribution in [-0.4, -0.2) is 24.1 Å². The van der Waals surface area contributed by atoms with Crippen molar-refractivity contribution in [3.8, 4) is 0 Å². The Hall–Kier alpha value is -1.00. The predicted molar refractivity (Wildman–Crippen MR) is 45.3 cm³/mol. The van der Waals surface area contributed by atoms with E-state index in [9.17, 15) is 4.79 Å². The number of nitrogens with zero attached hydrogens (tertiary/aromatic N) is 1. The summed E-state index contributed by atoms with van der Waals surface area (Å²) >= 11 is 5.72. The number of furan rings is 1. The molecular weight excluding hydrogens is 194 g/mol. The summed E-state index contributed by atoms with van der Waals surface area (Å²) in [6.07, 6.45) is 2.23. The summed E-state index contributed by atoms with van der Waals surface area (Å²) in [4.78, 5) is 16.6. The molecule has 1 amide bonds. The minimum Gasteiger partial charge on any atom is -0.457 e. The fourth-order valence-corrected chi connectivity index (χ4v) is 1.34. The molecule has 0 unspecified atom stereocenters. The van der Waals surface area contributed by atoms with Crippen LogP contribution in [0.1, 0.15) is 17.0 Å². The van der Waals surface area contributed by atoms with Gasteiger partial charge in [0.15, 0.2) is 0 Å². The van der Waals surface area contributed by atoms with Gasteiger partial charge < -0.3 is 4.42 Å². The summed E-state index contributed by atoms with van der Waals surface area (Å²) in [5.74, 6) is -0.170. The van der Waals surface area contributed by atoms with E-state index >= 15 is 0 Å². The molecule has 0 aromatic carbocycles. The molecule has 0 aliphatic carbocycles. The van der Waals surface area contributed by atoms with Crippen LogP contribution in [0.4, 0.5) is 0 Å². The molecule has 0 bridgehead atoms. The van der Waals surface area contributed by atoms with Crippen LogP contribution in [0.5, 0.6) is 0 Å². The predicted octanol–water partition coefficient (Wildman–Crippen LogP) is 1.71. The maximum Gasteiger partial charge on any atom is 0.314 e. The molecule has 0 spiro atoms. The molecular formula is C8H8ClNO3. The molecule has 1 fully saturated rings. The highest BCUT2D eigenvalue weighted by atomic mass is 35.5. The Labute approximate surface area is 80.0 Å². The van der Waals surface area contributed by atoms with Gasteiger partial charge in [0, 0.05) is 0 Å². The standard InChI is InChI=1S/C8H8ClNO3/c9-6-2-5-12-7(6)8(11)10-3-1-4-13-10/h2,5H,1,3-4H2. The zero-order chi connectivity index (χ0) is 9.26. The highest BCUT2D eigenvalue weighted by Gasteiger charge is 2.25. The maximum absolute atomic E-state index is 11.6. The third-order valence-electron chi connectivity index (χ3n) is 1.79. The Bertz CT molecular complexity index is 317. The van der Waals surface area contributed by atoms with Crippen LogP contribution in [-0.2, 0) is 4.84 Å². The molecule has 1 saturated heterocycles. The van der Waals surface area contributed by atoms with Gasteiger partial charge in [-0.2, -0.15) is 0 Å². The third-order valence-corrected chi connectivity index (χ3v) is 2.09. The van der Waals surface area contributed by atoms with Crippen LogP contribution in [0.15, 0.2) is 16.7 Å². The molecule has 70 valence electrons. The van der Waals surface area contributed by atoms with Crippen LogP contribution >= 0.6 is 11.6 Å². The highest BCUT2D eigenvalue weighted by Crippen LogP contribution is 2.20. The molecule has 1 aromatic heterocycles. The first-order chi connectivity index (χ1) is 6.29.